The van der Waals surface area contributed by atoms with Gasteiger partial charge in [-0.25, -0.2) is 0 Å². The maximum atomic E-state index is 12.6. The normalized spacial score (nSPS) is 36.0. The van der Waals surface area contributed by atoms with E-state index >= 15 is 0 Å². The minimum atomic E-state index is -1.42. The molecule has 0 spiro atoms. The lowest BCUT2D eigenvalue weighted by atomic mass is 9.88. The first kappa shape index (κ1) is 34.2. The van der Waals surface area contributed by atoms with Crippen LogP contribution in [0.3, 0.4) is 0 Å². The predicted octanol–water partition coefficient (Wildman–Crippen LogP) is 3.65. The van der Waals surface area contributed by atoms with Gasteiger partial charge < -0.3 is 34.3 Å². The molecular weight excluding hydrogens is 516 g/mol. The highest BCUT2D eigenvalue weighted by molar-refractivity contribution is 5.70. The summed E-state index contributed by atoms with van der Waals surface area (Å²) in [4.78, 5) is 24.3. The second-order valence-electron chi connectivity index (χ2n) is 11.7. The standard InChI is InChI=1S/C31H50O9/c1-9-24(37-8)21(5)29-30(40-29)27(35)18(2)11-10-12-19(3)28-20(4)13-14-25(38-22(6)32)31(7,36)16-15-23(33)17-26(34)39-28/h10-14,18,20-21,23-25,27-30,33,35-36H,9,15-17H2,1-8H3/b11-10+,14-13-,19-12+. The maximum Gasteiger partial charge on any atom is 0.309 e. The Balaban J connectivity index is 2.16. The molecule has 0 bridgehead atoms. The summed E-state index contributed by atoms with van der Waals surface area (Å²) in [5.74, 6) is -1.39. The zero-order chi connectivity index (χ0) is 30.2. The molecule has 228 valence electrons. The van der Waals surface area contributed by atoms with E-state index in [2.05, 4.69) is 13.8 Å². The van der Waals surface area contributed by atoms with E-state index in [1.165, 1.54) is 6.92 Å². The van der Waals surface area contributed by atoms with E-state index in [-0.39, 0.29) is 55.3 Å². The lowest BCUT2D eigenvalue weighted by Gasteiger charge is -2.32. The van der Waals surface area contributed by atoms with Crippen LogP contribution in [0.15, 0.2) is 36.0 Å². The molecule has 0 aromatic rings. The molecule has 11 atom stereocenters. The Morgan fingerprint density at radius 3 is 2.52 bits per heavy atom. The number of rotatable bonds is 10. The molecule has 0 aromatic heterocycles. The van der Waals surface area contributed by atoms with E-state index < -0.39 is 42.0 Å². The van der Waals surface area contributed by atoms with Gasteiger partial charge in [0.25, 0.3) is 0 Å². The highest BCUT2D eigenvalue weighted by atomic mass is 16.6. The van der Waals surface area contributed by atoms with Gasteiger partial charge in [0.2, 0.25) is 0 Å². The lowest BCUT2D eigenvalue weighted by Crippen LogP contribution is -2.42. The van der Waals surface area contributed by atoms with Crippen molar-refractivity contribution in [2.45, 2.75) is 122 Å². The van der Waals surface area contributed by atoms with Crippen LogP contribution in [-0.4, -0.2) is 82.7 Å². The molecule has 2 rings (SSSR count). The molecule has 0 aromatic carbocycles. The van der Waals surface area contributed by atoms with Crippen molar-refractivity contribution in [3.8, 4) is 0 Å². The average Bonchev–Trinajstić information content (AvgIpc) is 3.68. The van der Waals surface area contributed by atoms with Crippen LogP contribution in [0.1, 0.15) is 74.1 Å². The summed E-state index contributed by atoms with van der Waals surface area (Å²) < 4.78 is 22.5. The minimum absolute atomic E-state index is 0.0387. The van der Waals surface area contributed by atoms with Gasteiger partial charge >= 0.3 is 11.9 Å². The number of esters is 2. The van der Waals surface area contributed by atoms with Gasteiger partial charge in [-0.2, -0.15) is 0 Å². The Morgan fingerprint density at radius 1 is 1.25 bits per heavy atom. The molecule has 0 amide bonds. The highest BCUT2D eigenvalue weighted by Gasteiger charge is 2.50. The molecule has 1 saturated heterocycles. The average molecular weight is 567 g/mol. The second-order valence-corrected chi connectivity index (χ2v) is 11.7. The number of epoxide rings is 1. The van der Waals surface area contributed by atoms with Crippen LogP contribution in [0, 0.1) is 17.8 Å². The molecule has 0 saturated carbocycles. The number of aliphatic hydroxyl groups excluding tert-OH is 2. The predicted molar refractivity (Wildman–Crippen MR) is 151 cm³/mol. The molecule has 0 radical (unpaired) electrons. The monoisotopic (exact) mass is 566 g/mol. The fraction of sp³-hybridized carbons (Fsp3) is 0.742. The quantitative estimate of drug-likeness (QED) is 0.157. The second kappa shape index (κ2) is 15.3. The van der Waals surface area contributed by atoms with Crippen molar-refractivity contribution in [3.05, 3.63) is 36.0 Å². The summed E-state index contributed by atoms with van der Waals surface area (Å²) in [6, 6.07) is 0. The van der Waals surface area contributed by atoms with Crippen LogP contribution >= 0.6 is 0 Å². The first-order valence-corrected chi connectivity index (χ1v) is 14.4. The molecule has 2 aliphatic heterocycles. The largest absolute Gasteiger partial charge is 0.457 e. The van der Waals surface area contributed by atoms with Gasteiger partial charge in [-0.05, 0) is 44.8 Å². The van der Waals surface area contributed by atoms with Crippen molar-refractivity contribution in [1.82, 2.24) is 0 Å². The third-order valence-corrected chi connectivity index (χ3v) is 8.09. The number of hydrogen-bond acceptors (Lipinski definition) is 9. The summed E-state index contributed by atoms with van der Waals surface area (Å²) in [7, 11) is 1.69. The zero-order valence-electron chi connectivity index (χ0n) is 25.3. The number of aliphatic hydroxyl groups is 3. The van der Waals surface area contributed by atoms with Crippen molar-refractivity contribution in [2.75, 3.05) is 7.11 Å². The smallest absolute Gasteiger partial charge is 0.309 e. The van der Waals surface area contributed by atoms with E-state index in [0.717, 1.165) is 12.0 Å². The molecule has 3 N–H and O–H groups in total. The molecule has 1 fully saturated rings. The van der Waals surface area contributed by atoms with Crippen molar-refractivity contribution in [1.29, 1.82) is 0 Å². The van der Waals surface area contributed by atoms with Crippen LogP contribution in [-0.2, 0) is 28.5 Å². The summed E-state index contributed by atoms with van der Waals surface area (Å²) >= 11 is 0. The Bertz CT molecular complexity index is 920. The SMILES string of the molecule is CCC(OC)C(C)C1OC1C(O)C(C)/C=C/C=C(\C)C1OC(=O)CC(O)CCC(C)(O)C(OC(C)=O)/C=C\C1C. The van der Waals surface area contributed by atoms with Crippen LogP contribution in [0.4, 0.5) is 0 Å². The third kappa shape index (κ3) is 9.80. The van der Waals surface area contributed by atoms with Gasteiger partial charge in [0, 0.05) is 31.8 Å². The van der Waals surface area contributed by atoms with Crippen molar-refractivity contribution in [3.63, 3.8) is 0 Å². The molecule has 9 nitrogen and oxygen atoms in total. The number of allylic oxidation sites excluding steroid dienone is 2. The fourth-order valence-corrected chi connectivity index (χ4v) is 5.32. The number of carbonyl (C=O) groups is 2. The molecule has 2 aliphatic rings. The maximum absolute atomic E-state index is 12.6. The van der Waals surface area contributed by atoms with Gasteiger partial charge in [0.1, 0.15) is 23.9 Å². The fourth-order valence-electron chi connectivity index (χ4n) is 5.32. The van der Waals surface area contributed by atoms with Gasteiger partial charge in [-0.3, -0.25) is 9.59 Å². The van der Waals surface area contributed by atoms with E-state index in [4.69, 9.17) is 18.9 Å². The van der Waals surface area contributed by atoms with Crippen molar-refractivity contribution < 1.29 is 43.9 Å². The number of hydrogen-bond donors (Lipinski definition) is 3. The summed E-state index contributed by atoms with van der Waals surface area (Å²) in [5, 5.41) is 32.2. The number of carbonyl (C=O) groups excluding carboxylic acids is 2. The van der Waals surface area contributed by atoms with Crippen molar-refractivity contribution >= 4 is 11.9 Å². The molecule has 40 heavy (non-hydrogen) atoms. The van der Waals surface area contributed by atoms with E-state index in [1.54, 1.807) is 26.2 Å². The van der Waals surface area contributed by atoms with Crippen LogP contribution < -0.4 is 0 Å². The first-order chi connectivity index (χ1) is 18.7. The summed E-state index contributed by atoms with van der Waals surface area (Å²) in [6.45, 7) is 12.6. The molecule has 2 heterocycles. The first-order valence-electron chi connectivity index (χ1n) is 14.4. The number of ether oxygens (including phenoxy) is 4. The Hall–Kier alpha value is -2.04. The van der Waals surface area contributed by atoms with Gasteiger partial charge in [-0.1, -0.05) is 52.0 Å². The van der Waals surface area contributed by atoms with Crippen LogP contribution in [0.2, 0.25) is 0 Å². The molecule has 9 heteroatoms. The van der Waals surface area contributed by atoms with E-state index in [0.29, 0.717) is 0 Å². The van der Waals surface area contributed by atoms with E-state index in [9.17, 15) is 24.9 Å². The van der Waals surface area contributed by atoms with Crippen LogP contribution in [0.5, 0.6) is 0 Å². The Morgan fingerprint density at radius 2 is 1.93 bits per heavy atom. The summed E-state index contributed by atoms with van der Waals surface area (Å²) in [6.07, 6.45) is 6.42. The van der Waals surface area contributed by atoms with Gasteiger partial charge in [-0.15, -0.1) is 0 Å². The lowest BCUT2D eigenvalue weighted by molar-refractivity contribution is -0.157. The molecular formula is C31H50O9. The Labute approximate surface area is 239 Å². The topological polar surface area (TPSA) is 135 Å². The molecule has 0 aliphatic carbocycles. The van der Waals surface area contributed by atoms with Gasteiger partial charge in [0.15, 0.2) is 0 Å². The third-order valence-electron chi connectivity index (χ3n) is 8.09. The van der Waals surface area contributed by atoms with Crippen LogP contribution in [0.25, 0.3) is 0 Å². The van der Waals surface area contributed by atoms with Crippen molar-refractivity contribution in [2.24, 2.45) is 17.8 Å². The Kier molecular flexibility index (Phi) is 13.0. The number of cyclic esters (lactones) is 1. The molecule has 11 unspecified atom stereocenters. The summed E-state index contributed by atoms with van der Waals surface area (Å²) in [5.41, 5.74) is -0.666. The zero-order valence-corrected chi connectivity index (χ0v) is 25.3. The number of methoxy groups -OCH3 is 1. The highest BCUT2D eigenvalue weighted by Crippen LogP contribution is 2.37. The van der Waals surface area contributed by atoms with E-state index in [1.807, 2.05) is 39.0 Å². The minimum Gasteiger partial charge on any atom is -0.457 e. The van der Waals surface area contributed by atoms with Gasteiger partial charge in [0.05, 0.1) is 30.8 Å².